The summed E-state index contributed by atoms with van der Waals surface area (Å²) < 4.78 is 0. The van der Waals surface area contributed by atoms with Crippen LogP contribution in [0.15, 0.2) is 30.3 Å². The molecule has 0 atom stereocenters. The highest BCUT2D eigenvalue weighted by molar-refractivity contribution is 6.30. The third kappa shape index (κ3) is 4.90. The summed E-state index contributed by atoms with van der Waals surface area (Å²) in [5.41, 5.74) is 0.925. The highest BCUT2D eigenvalue weighted by Gasteiger charge is 2.23. The Morgan fingerprint density at radius 2 is 1.86 bits per heavy atom. The Hall–Kier alpha value is -1.81. The number of likely N-dealkylation sites (tertiary alicyclic amines) is 1. The Bertz CT molecular complexity index is 531. The molecule has 0 aromatic heterocycles. The number of aliphatic carboxylic acids is 1. The lowest BCUT2D eigenvalue weighted by molar-refractivity contribution is -0.138. The molecule has 1 heterocycles. The van der Waals surface area contributed by atoms with Crippen molar-refractivity contribution < 1.29 is 14.7 Å². The van der Waals surface area contributed by atoms with Crippen LogP contribution >= 0.6 is 11.6 Å². The second-order valence-corrected chi connectivity index (χ2v) is 5.69. The quantitative estimate of drug-likeness (QED) is 0.870. The molecule has 1 aromatic carbocycles. The fourth-order valence-corrected chi connectivity index (χ4v) is 2.58. The standard InChI is InChI=1S/C16H18ClNO3/c17-14-4-1-12(2-5-14)3-6-15(19)18-9-7-13(8-10-18)11-16(20)21/h1-6,13H,7-11H2,(H,20,21). The molecule has 1 amide bonds. The zero-order chi connectivity index (χ0) is 15.2. The lowest BCUT2D eigenvalue weighted by Crippen LogP contribution is -2.37. The molecule has 0 radical (unpaired) electrons. The van der Waals surface area contributed by atoms with E-state index in [1.54, 1.807) is 29.2 Å². The van der Waals surface area contributed by atoms with Gasteiger partial charge in [0.1, 0.15) is 0 Å². The fourth-order valence-electron chi connectivity index (χ4n) is 2.45. The predicted molar refractivity (Wildman–Crippen MR) is 82.0 cm³/mol. The van der Waals surface area contributed by atoms with E-state index in [0.29, 0.717) is 18.1 Å². The molecule has 0 spiro atoms. The van der Waals surface area contributed by atoms with Crippen molar-refractivity contribution in [2.45, 2.75) is 19.3 Å². The van der Waals surface area contributed by atoms with Crippen molar-refractivity contribution in [3.05, 3.63) is 40.9 Å². The molecule has 0 saturated carbocycles. The minimum absolute atomic E-state index is 0.0290. The van der Waals surface area contributed by atoms with Gasteiger partial charge in [-0.15, -0.1) is 0 Å². The summed E-state index contributed by atoms with van der Waals surface area (Å²) in [6, 6.07) is 7.27. The van der Waals surface area contributed by atoms with Crippen LogP contribution in [0.1, 0.15) is 24.8 Å². The number of hydrogen-bond acceptors (Lipinski definition) is 2. The summed E-state index contributed by atoms with van der Waals surface area (Å²) in [6.45, 7) is 1.25. The van der Waals surface area contributed by atoms with Gasteiger partial charge in [0.05, 0.1) is 0 Å². The molecule has 1 aliphatic heterocycles. The maximum atomic E-state index is 12.1. The smallest absolute Gasteiger partial charge is 0.303 e. The van der Waals surface area contributed by atoms with E-state index in [1.165, 1.54) is 0 Å². The van der Waals surface area contributed by atoms with Crippen molar-refractivity contribution in [2.24, 2.45) is 5.92 Å². The fraction of sp³-hybridized carbons (Fsp3) is 0.375. The monoisotopic (exact) mass is 307 g/mol. The largest absolute Gasteiger partial charge is 0.481 e. The van der Waals surface area contributed by atoms with Crippen molar-refractivity contribution in [3.63, 3.8) is 0 Å². The first-order valence-corrected chi connectivity index (χ1v) is 7.37. The van der Waals surface area contributed by atoms with Gasteiger partial charge in [0.2, 0.25) is 5.91 Å². The van der Waals surface area contributed by atoms with Crippen LogP contribution in [0.2, 0.25) is 5.02 Å². The molecule has 1 aliphatic rings. The molecule has 0 bridgehead atoms. The van der Waals surface area contributed by atoms with Crippen LogP contribution in [-0.4, -0.2) is 35.0 Å². The van der Waals surface area contributed by atoms with Gasteiger partial charge in [0, 0.05) is 30.6 Å². The second-order valence-electron chi connectivity index (χ2n) is 5.25. The molecule has 1 fully saturated rings. The molecule has 5 heteroatoms. The second kappa shape index (κ2) is 7.27. The van der Waals surface area contributed by atoms with E-state index in [0.717, 1.165) is 18.4 Å². The van der Waals surface area contributed by atoms with Gasteiger partial charge in [-0.25, -0.2) is 0 Å². The van der Waals surface area contributed by atoms with Crippen molar-refractivity contribution in [2.75, 3.05) is 13.1 Å². The van der Waals surface area contributed by atoms with Gasteiger partial charge in [0.25, 0.3) is 0 Å². The first-order chi connectivity index (χ1) is 10.0. The van der Waals surface area contributed by atoms with Crippen molar-refractivity contribution in [1.29, 1.82) is 0 Å². The van der Waals surface area contributed by atoms with Crippen LogP contribution in [0.25, 0.3) is 6.08 Å². The Kier molecular flexibility index (Phi) is 5.39. The Balaban J connectivity index is 1.84. The lowest BCUT2D eigenvalue weighted by Gasteiger charge is -2.30. The Labute approximate surface area is 129 Å². The molecular weight excluding hydrogens is 290 g/mol. The van der Waals surface area contributed by atoms with E-state index < -0.39 is 5.97 Å². The maximum Gasteiger partial charge on any atom is 0.303 e. The van der Waals surface area contributed by atoms with Gasteiger partial charge >= 0.3 is 5.97 Å². The van der Waals surface area contributed by atoms with Crippen molar-refractivity contribution in [1.82, 2.24) is 4.90 Å². The number of carboxylic acids is 1. The van der Waals surface area contributed by atoms with Gasteiger partial charge in [-0.1, -0.05) is 23.7 Å². The van der Waals surface area contributed by atoms with E-state index in [2.05, 4.69) is 0 Å². The summed E-state index contributed by atoms with van der Waals surface area (Å²) in [6.07, 6.45) is 5.03. The highest BCUT2D eigenvalue weighted by atomic mass is 35.5. The summed E-state index contributed by atoms with van der Waals surface area (Å²) in [7, 11) is 0. The van der Waals surface area contributed by atoms with Gasteiger partial charge < -0.3 is 10.0 Å². The number of benzene rings is 1. The summed E-state index contributed by atoms with van der Waals surface area (Å²) >= 11 is 5.80. The summed E-state index contributed by atoms with van der Waals surface area (Å²) in [5.74, 6) is -0.604. The molecule has 1 aromatic rings. The van der Waals surface area contributed by atoms with Crippen molar-refractivity contribution >= 4 is 29.6 Å². The minimum atomic E-state index is -0.762. The number of halogens is 1. The normalized spacial score (nSPS) is 16.3. The highest BCUT2D eigenvalue weighted by Crippen LogP contribution is 2.20. The topological polar surface area (TPSA) is 57.6 Å². The van der Waals surface area contributed by atoms with Gasteiger partial charge in [-0.2, -0.15) is 0 Å². The van der Waals surface area contributed by atoms with E-state index in [-0.39, 0.29) is 18.2 Å². The molecule has 112 valence electrons. The average Bonchev–Trinajstić information content (AvgIpc) is 2.46. The van der Waals surface area contributed by atoms with Gasteiger partial charge in [-0.3, -0.25) is 9.59 Å². The Morgan fingerprint density at radius 3 is 2.43 bits per heavy atom. The number of amides is 1. The third-order valence-electron chi connectivity index (χ3n) is 3.68. The molecule has 0 unspecified atom stereocenters. The van der Waals surface area contributed by atoms with E-state index in [9.17, 15) is 9.59 Å². The average molecular weight is 308 g/mol. The van der Waals surface area contributed by atoms with E-state index in [1.807, 2.05) is 12.1 Å². The number of nitrogens with zero attached hydrogens (tertiary/aromatic N) is 1. The molecule has 4 nitrogen and oxygen atoms in total. The van der Waals surface area contributed by atoms with Crippen LogP contribution in [0, 0.1) is 5.92 Å². The predicted octanol–water partition coefficient (Wildman–Crippen LogP) is 3.07. The minimum Gasteiger partial charge on any atom is -0.481 e. The number of rotatable bonds is 4. The zero-order valence-corrected chi connectivity index (χ0v) is 12.4. The number of hydrogen-bond donors (Lipinski definition) is 1. The zero-order valence-electron chi connectivity index (χ0n) is 11.7. The van der Waals surface area contributed by atoms with Gasteiger partial charge in [0.15, 0.2) is 0 Å². The SMILES string of the molecule is O=C(O)CC1CCN(C(=O)C=Cc2ccc(Cl)cc2)CC1. The summed E-state index contributed by atoms with van der Waals surface area (Å²) in [5, 5.41) is 9.44. The van der Waals surface area contributed by atoms with Gasteiger partial charge in [-0.05, 0) is 42.5 Å². The Morgan fingerprint density at radius 1 is 1.24 bits per heavy atom. The molecule has 2 rings (SSSR count). The number of piperidine rings is 1. The van der Waals surface area contributed by atoms with E-state index >= 15 is 0 Å². The first-order valence-electron chi connectivity index (χ1n) is 6.99. The van der Waals surface area contributed by atoms with Crippen LogP contribution in [0.5, 0.6) is 0 Å². The van der Waals surface area contributed by atoms with Crippen LogP contribution in [-0.2, 0) is 9.59 Å². The van der Waals surface area contributed by atoms with Crippen molar-refractivity contribution in [3.8, 4) is 0 Å². The number of carbonyl (C=O) groups excluding carboxylic acids is 1. The molecule has 21 heavy (non-hydrogen) atoms. The first kappa shape index (κ1) is 15.6. The molecule has 0 aliphatic carbocycles. The van der Waals surface area contributed by atoms with Crippen LogP contribution < -0.4 is 0 Å². The maximum absolute atomic E-state index is 12.1. The lowest BCUT2D eigenvalue weighted by atomic mass is 9.93. The number of carboxylic acid groups (broad SMARTS) is 1. The molecule has 1 N–H and O–H groups in total. The third-order valence-corrected chi connectivity index (χ3v) is 3.93. The molecular formula is C16H18ClNO3. The van der Waals surface area contributed by atoms with Crippen LogP contribution in [0.3, 0.4) is 0 Å². The van der Waals surface area contributed by atoms with Crippen LogP contribution in [0.4, 0.5) is 0 Å². The molecule has 1 saturated heterocycles. The number of carbonyl (C=O) groups is 2. The van der Waals surface area contributed by atoms with E-state index in [4.69, 9.17) is 16.7 Å². The summed E-state index contributed by atoms with van der Waals surface area (Å²) in [4.78, 5) is 24.5.